The molecule has 0 aromatic carbocycles. The number of sulfonamides is 1. The molecule has 5 nitrogen and oxygen atoms in total. The summed E-state index contributed by atoms with van der Waals surface area (Å²) in [5, 5.41) is -0.434. The summed E-state index contributed by atoms with van der Waals surface area (Å²) in [6.45, 7) is 5.27. The topological polar surface area (TPSA) is 72.0 Å². The average molecular weight is 229 g/mol. The zero-order chi connectivity index (χ0) is 11.5. The van der Waals surface area contributed by atoms with Gasteiger partial charge in [-0.3, -0.25) is 9.97 Å². The summed E-state index contributed by atoms with van der Waals surface area (Å²) in [6.07, 6.45) is 3.18. The van der Waals surface area contributed by atoms with Crippen molar-refractivity contribution in [2.24, 2.45) is 0 Å². The van der Waals surface area contributed by atoms with E-state index in [0.717, 1.165) is 5.69 Å². The van der Waals surface area contributed by atoms with Crippen molar-refractivity contribution >= 4 is 10.0 Å². The predicted molar refractivity (Wildman–Crippen MR) is 57.7 cm³/mol. The Labute approximate surface area is 90.0 Å². The molecule has 0 saturated heterocycles. The van der Waals surface area contributed by atoms with E-state index in [1.165, 1.54) is 0 Å². The van der Waals surface area contributed by atoms with E-state index in [-0.39, 0.29) is 6.54 Å². The summed E-state index contributed by atoms with van der Waals surface area (Å²) in [6, 6.07) is 0. The third-order valence-electron chi connectivity index (χ3n) is 1.91. The molecule has 1 heterocycles. The van der Waals surface area contributed by atoms with Gasteiger partial charge < -0.3 is 0 Å². The van der Waals surface area contributed by atoms with Crippen LogP contribution in [-0.2, 0) is 16.6 Å². The van der Waals surface area contributed by atoms with Crippen molar-refractivity contribution in [3.05, 3.63) is 23.8 Å². The van der Waals surface area contributed by atoms with Crippen LogP contribution < -0.4 is 4.72 Å². The molecule has 1 rings (SSSR count). The summed E-state index contributed by atoms with van der Waals surface area (Å²) in [5.74, 6) is 0. The van der Waals surface area contributed by atoms with Crippen molar-refractivity contribution in [1.29, 1.82) is 0 Å². The van der Waals surface area contributed by atoms with E-state index in [4.69, 9.17) is 0 Å². The van der Waals surface area contributed by atoms with E-state index in [0.29, 0.717) is 5.69 Å². The molecule has 0 aliphatic heterocycles. The van der Waals surface area contributed by atoms with Gasteiger partial charge in [0.1, 0.15) is 0 Å². The monoisotopic (exact) mass is 229 g/mol. The Morgan fingerprint density at radius 1 is 1.33 bits per heavy atom. The number of hydrogen-bond donors (Lipinski definition) is 1. The van der Waals surface area contributed by atoms with E-state index in [1.54, 1.807) is 26.2 Å². The Balaban J connectivity index is 2.62. The molecule has 1 aromatic heterocycles. The minimum atomic E-state index is -3.22. The lowest BCUT2D eigenvalue weighted by atomic mass is 10.4. The highest BCUT2D eigenvalue weighted by atomic mass is 32.2. The van der Waals surface area contributed by atoms with E-state index >= 15 is 0 Å². The molecule has 6 heteroatoms. The normalized spacial score (nSPS) is 12.0. The van der Waals surface area contributed by atoms with Gasteiger partial charge in [-0.05, 0) is 20.8 Å². The number of aromatic nitrogens is 2. The lowest BCUT2D eigenvalue weighted by Crippen LogP contribution is -2.30. The fourth-order valence-electron chi connectivity index (χ4n) is 0.852. The number of rotatable bonds is 4. The average Bonchev–Trinajstić information content (AvgIpc) is 2.17. The zero-order valence-electron chi connectivity index (χ0n) is 9.06. The molecule has 0 atom stereocenters. The van der Waals surface area contributed by atoms with Gasteiger partial charge in [0.2, 0.25) is 10.0 Å². The molecule has 84 valence electrons. The molecule has 0 saturated carbocycles. The molecule has 0 unspecified atom stereocenters. The lowest BCUT2D eigenvalue weighted by molar-refractivity contribution is 0.571. The predicted octanol–water partition coefficient (Wildman–Crippen LogP) is 0.613. The first kappa shape index (κ1) is 12.1. The number of aryl methyl sites for hydroxylation is 1. The third kappa shape index (κ3) is 3.56. The van der Waals surface area contributed by atoms with Gasteiger partial charge in [-0.2, -0.15) is 0 Å². The van der Waals surface area contributed by atoms with Crippen LogP contribution in [-0.4, -0.2) is 23.6 Å². The van der Waals surface area contributed by atoms with Crippen LogP contribution in [0.25, 0.3) is 0 Å². The number of hydrogen-bond acceptors (Lipinski definition) is 4. The molecule has 0 radical (unpaired) electrons. The summed E-state index contributed by atoms with van der Waals surface area (Å²) in [5.41, 5.74) is 1.43. The van der Waals surface area contributed by atoms with Gasteiger partial charge in [0.05, 0.1) is 29.4 Å². The molecule has 0 aliphatic carbocycles. The Bertz CT molecular complexity index is 411. The maximum atomic E-state index is 11.4. The minimum Gasteiger partial charge on any atom is -0.258 e. The van der Waals surface area contributed by atoms with E-state index in [2.05, 4.69) is 14.7 Å². The van der Waals surface area contributed by atoms with Gasteiger partial charge in [-0.1, -0.05) is 0 Å². The summed E-state index contributed by atoms with van der Waals surface area (Å²) >= 11 is 0. The van der Waals surface area contributed by atoms with Crippen molar-refractivity contribution in [1.82, 2.24) is 14.7 Å². The van der Waals surface area contributed by atoms with Crippen LogP contribution in [0, 0.1) is 6.92 Å². The van der Waals surface area contributed by atoms with Crippen LogP contribution in [0.2, 0.25) is 0 Å². The van der Waals surface area contributed by atoms with E-state index in [1.807, 2.05) is 6.92 Å². The SMILES string of the molecule is Cc1cnc(CNS(=O)(=O)C(C)C)cn1. The highest BCUT2D eigenvalue weighted by Gasteiger charge is 2.14. The molecular weight excluding hydrogens is 214 g/mol. The van der Waals surface area contributed by atoms with Gasteiger partial charge >= 0.3 is 0 Å². The maximum Gasteiger partial charge on any atom is 0.214 e. The molecule has 1 N–H and O–H groups in total. The van der Waals surface area contributed by atoms with Crippen molar-refractivity contribution < 1.29 is 8.42 Å². The van der Waals surface area contributed by atoms with Gasteiger partial charge in [-0.15, -0.1) is 0 Å². The molecular formula is C9H15N3O2S. The van der Waals surface area contributed by atoms with Crippen LogP contribution in [0.3, 0.4) is 0 Å². The molecule has 0 fully saturated rings. The molecule has 0 spiro atoms. The smallest absolute Gasteiger partial charge is 0.214 e. The van der Waals surface area contributed by atoms with Gasteiger partial charge in [0, 0.05) is 6.20 Å². The quantitative estimate of drug-likeness (QED) is 0.821. The van der Waals surface area contributed by atoms with Gasteiger partial charge in [0.15, 0.2) is 0 Å². The highest BCUT2D eigenvalue weighted by molar-refractivity contribution is 7.90. The minimum absolute atomic E-state index is 0.188. The lowest BCUT2D eigenvalue weighted by Gasteiger charge is -2.08. The van der Waals surface area contributed by atoms with E-state index in [9.17, 15) is 8.42 Å². The Hall–Kier alpha value is -1.01. The van der Waals surface area contributed by atoms with Crippen molar-refractivity contribution in [3.8, 4) is 0 Å². The summed E-state index contributed by atoms with van der Waals surface area (Å²) in [4.78, 5) is 8.08. The second-order valence-electron chi connectivity index (χ2n) is 3.56. The highest BCUT2D eigenvalue weighted by Crippen LogP contribution is 1.99. The summed E-state index contributed by atoms with van der Waals surface area (Å²) < 4.78 is 25.3. The zero-order valence-corrected chi connectivity index (χ0v) is 9.87. The van der Waals surface area contributed by atoms with Crippen LogP contribution in [0.4, 0.5) is 0 Å². The maximum absolute atomic E-state index is 11.4. The second-order valence-corrected chi connectivity index (χ2v) is 5.89. The second kappa shape index (κ2) is 4.67. The van der Waals surface area contributed by atoms with Crippen LogP contribution in [0.15, 0.2) is 12.4 Å². The molecule has 15 heavy (non-hydrogen) atoms. The molecule has 0 bridgehead atoms. The standard InChI is InChI=1S/C9H15N3O2S/c1-7(2)15(13,14)12-6-9-5-10-8(3)4-11-9/h4-5,7,12H,6H2,1-3H3. The fraction of sp³-hybridized carbons (Fsp3) is 0.556. The first-order valence-corrected chi connectivity index (χ1v) is 6.22. The third-order valence-corrected chi connectivity index (χ3v) is 3.70. The number of nitrogens with one attached hydrogen (secondary N) is 1. The van der Waals surface area contributed by atoms with Crippen molar-refractivity contribution in [2.75, 3.05) is 0 Å². The first-order chi connectivity index (χ1) is 6.92. The van der Waals surface area contributed by atoms with Gasteiger partial charge in [-0.25, -0.2) is 13.1 Å². The van der Waals surface area contributed by atoms with Gasteiger partial charge in [0.25, 0.3) is 0 Å². The summed E-state index contributed by atoms with van der Waals surface area (Å²) in [7, 11) is -3.22. The molecule has 1 aromatic rings. The number of nitrogens with zero attached hydrogens (tertiary/aromatic N) is 2. The van der Waals surface area contributed by atoms with Crippen LogP contribution >= 0.6 is 0 Å². The van der Waals surface area contributed by atoms with Crippen LogP contribution in [0.5, 0.6) is 0 Å². The van der Waals surface area contributed by atoms with Crippen molar-refractivity contribution in [3.63, 3.8) is 0 Å². The molecule has 0 amide bonds. The molecule has 0 aliphatic rings. The Morgan fingerprint density at radius 3 is 2.47 bits per heavy atom. The Morgan fingerprint density at radius 2 is 2.00 bits per heavy atom. The Kier molecular flexibility index (Phi) is 3.76. The largest absolute Gasteiger partial charge is 0.258 e. The first-order valence-electron chi connectivity index (χ1n) is 4.68. The van der Waals surface area contributed by atoms with Crippen LogP contribution in [0.1, 0.15) is 25.2 Å². The van der Waals surface area contributed by atoms with E-state index < -0.39 is 15.3 Å². The van der Waals surface area contributed by atoms with Crippen molar-refractivity contribution in [2.45, 2.75) is 32.6 Å². The fourth-order valence-corrected chi connectivity index (χ4v) is 1.53.